The first kappa shape index (κ1) is 12.7. The second-order valence-electron chi connectivity index (χ2n) is 6.17. The van der Waals surface area contributed by atoms with E-state index < -0.39 is 23.4 Å². The highest BCUT2D eigenvalue weighted by molar-refractivity contribution is 5.85. The Labute approximate surface area is 111 Å². The number of hydrogen-bond acceptors (Lipinski definition) is 5. The molecule has 19 heavy (non-hydrogen) atoms. The molecule has 2 N–H and O–H groups in total. The van der Waals surface area contributed by atoms with Gasteiger partial charge in [0.05, 0.1) is 12.0 Å². The molecule has 1 amide bonds. The van der Waals surface area contributed by atoms with E-state index >= 15 is 0 Å². The van der Waals surface area contributed by atoms with Gasteiger partial charge in [-0.1, -0.05) is 20.8 Å². The second kappa shape index (κ2) is 3.62. The minimum atomic E-state index is -0.985. The Kier molecular flexibility index (Phi) is 2.43. The van der Waals surface area contributed by atoms with Gasteiger partial charge in [-0.3, -0.25) is 4.79 Å². The molecular formula is C13H19NO5. The Balaban J connectivity index is 1.96. The molecule has 2 heterocycles. The van der Waals surface area contributed by atoms with Gasteiger partial charge in [0.1, 0.15) is 12.7 Å². The zero-order valence-electron chi connectivity index (χ0n) is 11.3. The number of rotatable bonds is 0. The van der Waals surface area contributed by atoms with E-state index in [4.69, 9.17) is 9.47 Å². The highest BCUT2D eigenvalue weighted by Crippen LogP contribution is 2.53. The molecule has 1 saturated carbocycles. The van der Waals surface area contributed by atoms with Gasteiger partial charge >= 0.3 is 6.16 Å². The SMILES string of the molecule is CC1C(C)C2(COC(=O)O2)C(O)C(C)C12CC(=O)N2. The average Bonchev–Trinajstić information content (AvgIpc) is 2.73. The van der Waals surface area contributed by atoms with E-state index in [1.807, 2.05) is 20.8 Å². The number of carbonyl (C=O) groups is 2. The molecule has 6 unspecified atom stereocenters. The lowest BCUT2D eigenvalue weighted by Crippen LogP contribution is -2.78. The smallest absolute Gasteiger partial charge is 0.430 e. The molecule has 6 atom stereocenters. The number of amides is 1. The average molecular weight is 269 g/mol. The van der Waals surface area contributed by atoms with Crippen LogP contribution in [0.5, 0.6) is 0 Å². The molecule has 0 aromatic carbocycles. The molecule has 2 spiro atoms. The van der Waals surface area contributed by atoms with Crippen molar-refractivity contribution in [1.29, 1.82) is 0 Å². The summed E-state index contributed by atoms with van der Waals surface area (Å²) in [6.07, 6.45) is -1.15. The summed E-state index contributed by atoms with van der Waals surface area (Å²) in [7, 11) is 0. The van der Waals surface area contributed by atoms with Crippen LogP contribution >= 0.6 is 0 Å². The van der Waals surface area contributed by atoms with Crippen molar-refractivity contribution in [3.63, 3.8) is 0 Å². The molecule has 6 heteroatoms. The normalized spacial score (nSPS) is 52.6. The molecule has 6 nitrogen and oxygen atoms in total. The monoisotopic (exact) mass is 269 g/mol. The molecule has 3 fully saturated rings. The molecule has 106 valence electrons. The lowest BCUT2D eigenvalue weighted by molar-refractivity contribution is -0.199. The van der Waals surface area contributed by atoms with Gasteiger partial charge in [0.25, 0.3) is 0 Å². The van der Waals surface area contributed by atoms with Crippen LogP contribution in [0.3, 0.4) is 0 Å². The van der Waals surface area contributed by atoms with Crippen molar-refractivity contribution in [1.82, 2.24) is 5.32 Å². The van der Waals surface area contributed by atoms with Crippen LogP contribution in [0.15, 0.2) is 0 Å². The van der Waals surface area contributed by atoms with Gasteiger partial charge in [-0.05, 0) is 5.92 Å². The molecule has 1 aliphatic carbocycles. The van der Waals surface area contributed by atoms with Crippen molar-refractivity contribution in [2.75, 3.05) is 6.61 Å². The summed E-state index contributed by atoms with van der Waals surface area (Å²) < 4.78 is 10.2. The van der Waals surface area contributed by atoms with Gasteiger partial charge in [-0.25, -0.2) is 4.79 Å². The summed E-state index contributed by atoms with van der Waals surface area (Å²) in [6.45, 7) is 5.93. The fourth-order valence-electron chi connectivity index (χ4n) is 4.07. The van der Waals surface area contributed by atoms with Crippen LogP contribution in [0.2, 0.25) is 0 Å². The number of aliphatic hydroxyl groups excluding tert-OH is 1. The van der Waals surface area contributed by atoms with Crippen LogP contribution in [0.25, 0.3) is 0 Å². The van der Waals surface area contributed by atoms with Crippen molar-refractivity contribution in [2.24, 2.45) is 17.8 Å². The van der Waals surface area contributed by atoms with E-state index in [0.717, 1.165) is 0 Å². The molecule has 2 aliphatic heterocycles. The summed E-state index contributed by atoms with van der Waals surface area (Å²) in [5.41, 5.74) is -1.38. The minimum absolute atomic E-state index is 0.00807. The van der Waals surface area contributed by atoms with E-state index in [-0.39, 0.29) is 30.3 Å². The number of carbonyl (C=O) groups excluding carboxylic acids is 2. The predicted octanol–water partition coefficient (Wildman–Crippen LogP) is 0.434. The fraction of sp³-hybridized carbons (Fsp3) is 0.846. The molecule has 0 bridgehead atoms. The summed E-state index contributed by atoms with van der Waals surface area (Å²) in [5.74, 6) is -0.177. The van der Waals surface area contributed by atoms with Gasteiger partial charge in [0, 0.05) is 11.8 Å². The van der Waals surface area contributed by atoms with Crippen molar-refractivity contribution in [2.45, 2.75) is 44.4 Å². The molecular weight excluding hydrogens is 250 g/mol. The van der Waals surface area contributed by atoms with Crippen LogP contribution in [-0.2, 0) is 14.3 Å². The Morgan fingerprint density at radius 2 is 1.84 bits per heavy atom. The highest BCUT2D eigenvalue weighted by atomic mass is 16.8. The fourth-order valence-corrected chi connectivity index (χ4v) is 4.07. The summed E-state index contributed by atoms with van der Waals surface area (Å²) in [4.78, 5) is 22.6. The predicted molar refractivity (Wildman–Crippen MR) is 64.2 cm³/mol. The maximum Gasteiger partial charge on any atom is 0.509 e. The standard InChI is InChI=1S/C13H19NO5/c1-6-7(2)13(5-18-11(17)19-13)10(16)8(3)12(6)4-9(15)14-12/h6-8,10,16H,4-5H2,1-3H3,(H,14,15). The maximum absolute atomic E-state index is 11.3. The number of aliphatic hydroxyl groups is 1. The van der Waals surface area contributed by atoms with Crippen molar-refractivity contribution in [3.8, 4) is 0 Å². The van der Waals surface area contributed by atoms with E-state index in [9.17, 15) is 14.7 Å². The zero-order chi connectivity index (χ0) is 14.0. The van der Waals surface area contributed by atoms with Gasteiger partial charge in [-0.2, -0.15) is 0 Å². The van der Waals surface area contributed by atoms with E-state index in [2.05, 4.69) is 5.32 Å². The number of cyclic esters (lactones) is 1. The van der Waals surface area contributed by atoms with E-state index in [1.165, 1.54) is 0 Å². The molecule has 3 aliphatic rings. The third-order valence-electron chi connectivity index (χ3n) is 5.63. The van der Waals surface area contributed by atoms with E-state index in [1.54, 1.807) is 0 Å². The first-order valence-corrected chi connectivity index (χ1v) is 6.68. The van der Waals surface area contributed by atoms with Gasteiger partial charge in [-0.15, -0.1) is 0 Å². The number of hydrogen-bond donors (Lipinski definition) is 2. The first-order chi connectivity index (χ1) is 8.83. The third kappa shape index (κ3) is 1.35. The zero-order valence-corrected chi connectivity index (χ0v) is 11.3. The topological polar surface area (TPSA) is 84.9 Å². The highest BCUT2D eigenvalue weighted by Gasteiger charge is 2.68. The third-order valence-corrected chi connectivity index (χ3v) is 5.63. The Morgan fingerprint density at radius 1 is 1.21 bits per heavy atom. The molecule has 0 aromatic rings. The Morgan fingerprint density at radius 3 is 2.32 bits per heavy atom. The maximum atomic E-state index is 11.3. The van der Waals surface area contributed by atoms with Gasteiger partial charge in [0.15, 0.2) is 5.60 Å². The number of ether oxygens (including phenoxy) is 2. The summed E-state index contributed by atoms with van der Waals surface area (Å²) >= 11 is 0. The summed E-state index contributed by atoms with van der Waals surface area (Å²) in [5, 5.41) is 13.6. The largest absolute Gasteiger partial charge is 0.509 e. The minimum Gasteiger partial charge on any atom is -0.430 e. The summed E-state index contributed by atoms with van der Waals surface area (Å²) in [6, 6.07) is 0. The molecule has 0 radical (unpaired) electrons. The molecule has 0 aromatic heterocycles. The molecule has 2 saturated heterocycles. The van der Waals surface area contributed by atoms with Crippen molar-refractivity contribution >= 4 is 12.1 Å². The van der Waals surface area contributed by atoms with Crippen LogP contribution in [0, 0.1) is 17.8 Å². The van der Waals surface area contributed by atoms with Crippen molar-refractivity contribution in [3.05, 3.63) is 0 Å². The van der Waals surface area contributed by atoms with Crippen LogP contribution in [0.4, 0.5) is 4.79 Å². The number of β-lactam (4-membered cyclic amide) rings is 1. The lowest BCUT2D eigenvalue weighted by atomic mass is 9.52. The number of nitrogens with one attached hydrogen (secondary N) is 1. The Hall–Kier alpha value is -1.30. The van der Waals surface area contributed by atoms with Gasteiger partial charge in [0.2, 0.25) is 5.91 Å². The van der Waals surface area contributed by atoms with Gasteiger partial charge < -0.3 is 19.9 Å². The first-order valence-electron chi connectivity index (χ1n) is 6.68. The Bertz CT molecular complexity index is 422. The van der Waals surface area contributed by atoms with Crippen LogP contribution < -0.4 is 5.32 Å². The lowest BCUT2D eigenvalue weighted by Gasteiger charge is -2.61. The molecule has 3 rings (SSSR count). The van der Waals surface area contributed by atoms with E-state index in [0.29, 0.717) is 6.42 Å². The van der Waals surface area contributed by atoms with Crippen LogP contribution in [0.1, 0.15) is 27.2 Å². The van der Waals surface area contributed by atoms with Crippen molar-refractivity contribution < 1.29 is 24.2 Å². The van der Waals surface area contributed by atoms with Crippen LogP contribution in [-0.4, -0.2) is 41.0 Å². The quantitative estimate of drug-likeness (QED) is 0.492. The second-order valence-corrected chi connectivity index (χ2v) is 6.17.